The molecule has 0 radical (unpaired) electrons. The Hall–Kier alpha value is -0.220. The van der Waals surface area contributed by atoms with Crippen LogP contribution in [0, 0.1) is 0 Å². The summed E-state index contributed by atoms with van der Waals surface area (Å²) in [6.07, 6.45) is 0.922. The molecule has 0 aromatic rings. The van der Waals surface area contributed by atoms with Crippen molar-refractivity contribution in [3.05, 3.63) is 0 Å². The summed E-state index contributed by atoms with van der Waals surface area (Å²) in [7, 11) is 0. The van der Waals surface area contributed by atoms with Gasteiger partial charge in [-0.15, -0.1) is 0 Å². The van der Waals surface area contributed by atoms with E-state index in [1.807, 2.05) is 34.6 Å². The van der Waals surface area contributed by atoms with E-state index in [1.165, 1.54) is 0 Å². The molecule has 4 heteroatoms. The summed E-state index contributed by atoms with van der Waals surface area (Å²) in [5.41, 5.74) is 5.65. The van der Waals surface area contributed by atoms with E-state index in [0.29, 0.717) is 6.54 Å². The molecule has 0 saturated heterocycles. The lowest BCUT2D eigenvalue weighted by Gasteiger charge is -2.24. The first-order valence-corrected chi connectivity index (χ1v) is 5.60. The maximum Gasteiger partial charge on any atom is 0.238 e. The summed E-state index contributed by atoms with van der Waals surface area (Å²) < 4.78 is -0.460. The van der Waals surface area contributed by atoms with Crippen molar-refractivity contribution in [1.82, 2.24) is 5.32 Å². The molecular weight excluding hydrogens is 196 g/mol. The molecule has 14 heavy (non-hydrogen) atoms. The number of hydrogen-bond acceptors (Lipinski definition) is 3. The molecule has 3 nitrogen and oxygen atoms in total. The number of nitrogens with two attached hydrogens (primary N) is 1. The molecule has 0 aliphatic rings. The fourth-order valence-electron chi connectivity index (χ4n) is 0.679. The number of amides is 1. The molecule has 1 atom stereocenters. The molecule has 0 fully saturated rings. The highest BCUT2D eigenvalue weighted by Crippen LogP contribution is 2.15. The molecule has 86 valence electrons. The zero-order chi connectivity index (χ0) is 11.8. The van der Waals surface area contributed by atoms with Crippen LogP contribution in [0.15, 0.2) is 0 Å². The Kier molecular flexibility index (Phi) is 9.41. The van der Waals surface area contributed by atoms with Crippen molar-refractivity contribution >= 4 is 18.5 Å². The van der Waals surface area contributed by atoms with E-state index < -0.39 is 10.8 Å². The fourth-order valence-corrected chi connectivity index (χ4v) is 0.796. The molecule has 0 rings (SSSR count). The second-order valence-electron chi connectivity index (χ2n) is 3.42. The van der Waals surface area contributed by atoms with E-state index in [0.717, 1.165) is 6.42 Å². The Morgan fingerprint density at radius 1 is 1.50 bits per heavy atom. The first-order chi connectivity index (χ1) is 6.39. The molecule has 0 aromatic carbocycles. The molecule has 0 bridgehead atoms. The first kappa shape index (κ1) is 16.2. The zero-order valence-electron chi connectivity index (χ0n) is 9.92. The molecule has 0 heterocycles. The Morgan fingerprint density at radius 3 is 2.21 bits per heavy atom. The third-order valence-electron chi connectivity index (χ3n) is 1.59. The van der Waals surface area contributed by atoms with Crippen LogP contribution in [-0.4, -0.2) is 23.2 Å². The van der Waals surface area contributed by atoms with Gasteiger partial charge in [-0.25, -0.2) is 0 Å². The Bertz CT molecular complexity index is 155. The topological polar surface area (TPSA) is 55.1 Å². The number of nitrogens with one attached hydrogen (secondary N) is 1. The van der Waals surface area contributed by atoms with Crippen molar-refractivity contribution in [2.75, 3.05) is 6.54 Å². The van der Waals surface area contributed by atoms with Gasteiger partial charge >= 0.3 is 0 Å². The highest BCUT2D eigenvalue weighted by molar-refractivity contribution is 7.81. The minimum atomic E-state index is -0.549. The van der Waals surface area contributed by atoms with Gasteiger partial charge in [0.25, 0.3) is 0 Å². The van der Waals surface area contributed by atoms with Gasteiger partial charge in [0.1, 0.15) is 0 Å². The van der Waals surface area contributed by atoms with Gasteiger partial charge in [0.2, 0.25) is 5.91 Å². The van der Waals surface area contributed by atoms with Crippen molar-refractivity contribution in [2.24, 2.45) is 5.73 Å². The molecule has 1 amide bonds. The SMILES string of the molecule is CC.CCCNC(=O)C(N)C(C)(C)S. The highest BCUT2D eigenvalue weighted by atomic mass is 32.1. The smallest absolute Gasteiger partial charge is 0.238 e. The van der Waals surface area contributed by atoms with Gasteiger partial charge in [0.15, 0.2) is 0 Å². The molecular formula is C10H24N2OS. The second-order valence-corrected chi connectivity index (χ2v) is 4.57. The van der Waals surface area contributed by atoms with Crippen LogP contribution in [0.1, 0.15) is 41.0 Å². The van der Waals surface area contributed by atoms with Crippen LogP contribution in [0.25, 0.3) is 0 Å². The lowest BCUT2D eigenvalue weighted by molar-refractivity contribution is -0.122. The van der Waals surface area contributed by atoms with Crippen LogP contribution >= 0.6 is 12.6 Å². The van der Waals surface area contributed by atoms with Crippen molar-refractivity contribution < 1.29 is 4.79 Å². The van der Waals surface area contributed by atoms with Crippen LogP contribution in [0.2, 0.25) is 0 Å². The lowest BCUT2D eigenvalue weighted by Crippen LogP contribution is -2.51. The largest absolute Gasteiger partial charge is 0.355 e. The van der Waals surface area contributed by atoms with Gasteiger partial charge in [0.05, 0.1) is 6.04 Å². The average molecular weight is 220 g/mol. The number of hydrogen-bond donors (Lipinski definition) is 3. The van der Waals surface area contributed by atoms with Crippen LogP contribution in [0.4, 0.5) is 0 Å². The predicted molar refractivity (Wildman–Crippen MR) is 65.7 cm³/mol. The summed E-state index contributed by atoms with van der Waals surface area (Å²) in [5.74, 6) is -0.128. The van der Waals surface area contributed by atoms with E-state index >= 15 is 0 Å². The van der Waals surface area contributed by atoms with Crippen molar-refractivity contribution in [1.29, 1.82) is 0 Å². The maximum absolute atomic E-state index is 11.3. The summed E-state index contributed by atoms with van der Waals surface area (Å²) in [4.78, 5) is 11.3. The quantitative estimate of drug-likeness (QED) is 0.630. The third-order valence-corrected chi connectivity index (χ3v) is 1.87. The van der Waals surface area contributed by atoms with E-state index in [4.69, 9.17) is 5.73 Å². The van der Waals surface area contributed by atoms with Gasteiger partial charge in [0, 0.05) is 11.3 Å². The predicted octanol–water partition coefficient (Wildman–Crippen LogP) is 1.57. The second kappa shape index (κ2) is 8.12. The van der Waals surface area contributed by atoms with E-state index in [9.17, 15) is 4.79 Å². The van der Waals surface area contributed by atoms with Crippen LogP contribution in [0.5, 0.6) is 0 Å². The van der Waals surface area contributed by atoms with Crippen molar-refractivity contribution in [2.45, 2.75) is 51.8 Å². The highest BCUT2D eigenvalue weighted by Gasteiger charge is 2.27. The molecule has 0 saturated carbocycles. The number of carbonyl (C=O) groups is 1. The molecule has 0 aliphatic heterocycles. The Balaban J connectivity index is 0. The lowest BCUT2D eigenvalue weighted by atomic mass is 10.0. The fraction of sp³-hybridized carbons (Fsp3) is 0.900. The number of rotatable bonds is 4. The minimum Gasteiger partial charge on any atom is -0.355 e. The van der Waals surface area contributed by atoms with E-state index in [-0.39, 0.29) is 5.91 Å². The molecule has 1 unspecified atom stereocenters. The monoisotopic (exact) mass is 220 g/mol. The summed E-state index contributed by atoms with van der Waals surface area (Å²) in [5, 5.41) is 2.73. The summed E-state index contributed by atoms with van der Waals surface area (Å²) in [6.45, 7) is 10.3. The average Bonchev–Trinajstić information content (AvgIpc) is 2.14. The minimum absolute atomic E-state index is 0.128. The Morgan fingerprint density at radius 2 is 1.93 bits per heavy atom. The van der Waals surface area contributed by atoms with Gasteiger partial charge < -0.3 is 11.1 Å². The van der Waals surface area contributed by atoms with Gasteiger partial charge in [-0.3, -0.25) is 4.79 Å². The standard InChI is InChI=1S/C8H18N2OS.C2H6/c1-4-5-10-7(11)6(9)8(2,3)12;1-2/h6,12H,4-5,9H2,1-3H3,(H,10,11);1-2H3. The number of carbonyl (C=O) groups excluding carboxylic acids is 1. The van der Waals surface area contributed by atoms with Crippen molar-refractivity contribution in [3.63, 3.8) is 0 Å². The van der Waals surface area contributed by atoms with Gasteiger partial charge in [-0.2, -0.15) is 12.6 Å². The summed E-state index contributed by atoms with van der Waals surface area (Å²) in [6, 6.07) is -0.549. The van der Waals surface area contributed by atoms with Crippen LogP contribution < -0.4 is 11.1 Å². The van der Waals surface area contributed by atoms with Crippen LogP contribution in [0.3, 0.4) is 0 Å². The normalized spacial score (nSPS) is 12.5. The van der Waals surface area contributed by atoms with E-state index in [1.54, 1.807) is 0 Å². The van der Waals surface area contributed by atoms with Gasteiger partial charge in [-0.05, 0) is 20.3 Å². The summed E-state index contributed by atoms with van der Waals surface area (Å²) >= 11 is 4.23. The molecule has 0 aromatic heterocycles. The maximum atomic E-state index is 11.3. The van der Waals surface area contributed by atoms with Crippen molar-refractivity contribution in [3.8, 4) is 0 Å². The number of thiol groups is 1. The zero-order valence-corrected chi connectivity index (χ0v) is 10.8. The molecule has 3 N–H and O–H groups in total. The molecule has 0 spiro atoms. The molecule has 0 aliphatic carbocycles. The Labute approximate surface area is 93.2 Å². The van der Waals surface area contributed by atoms with Gasteiger partial charge in [-0.1, -0.05) is 20.8 Å². The third kappa shape index (κ3) is 7.21. The van der Waals surface area contributed by atoms with Crippen LogP contribution in [-0.2, 0) is 4.79 Å². The first-order valence-electron chi connectivity index (χ1n) is 5.15. The van der Waals surface area contributed by atoms with E-state index in [2.05, 4.69) is 17.9 Å².